The van der Waals surface area contributed by atoms with E-state index < -0.39 is 13.8 Å². The Morgan fingerprint density at radius 2 is 1.94 bits per heavy atom. The third kappa shape index (κ3) is 4.23. The molecule has 1 aromatic carbocycles. The van der Waals surface area contributed by atoms with Crippen molar-refractivity contribution >= 4 is 19.1 Å². The van der Waals surface area contributed by atoms with Crippen molar-refractivity contribution in [3.8, 4) is 5.75 Å². The molecule has 1 aromatic rings. The summed E-state index contributed by atoms with van der Waals surface area (Å²) in [6, 6.07) is 7.08. The molecule has 0 saturated carbocycles. The number of esters is 1. The molecule has 5 heteroatoms. The second kappa shape index (κ2) is 7.13. The minimum atomic E-state index is -2.19. The van der Waals surface area contributed by atoms with Crippen LogP contribution in [0.2, 0.25) is 0 Å². The number of hydrogen-bond donors (Lipinski definition) is 0. The molecule has 0 aromatic heterocycles. The number of carbonyl (C=O) groups excluding carboxylic acids is 1. The van der Waals surface area contributed by atoms with E-state index in [2.05, 4.69) is 0 Å². The number of rotatable bonds is 6. The first-order chi connectivity index (χ1) is 8.19. The molecule has 0 aliphatic carbocycles. The maximum absolute atomic E-state index is 12.0. The summed E-state index contributed by atoms with van der Waals surface area (Å²) in [6.07, 6.45) is -0.0669. The Morgan fingerprint density at radius 1 is 1.24 bits per heavy atom. The third-order valence-electron chi connectivity index (χ3n) is 2.10. The maximum atomic E-state index is 12.0. The molecule has 1 unspecified atom stereocenters. The van der Waals surface area contributed by atoms with Crippen molar-refractivity contribution in [3.63, 3.8) is 0 Å². The maximum Gasteiger partial charge on any atom is 0.313 e. The van der Waals surface area contributed by atoms with E-state index in [0.717, 1.165) is 0 Å². The zero-order valence-electron chi connectivity index (χ0n) is 10.1. The van der Waals surface area contributed by atoms with Crippen LogP contribution < -0.4 is 10.0 Å². The number of para-hydroxylation sites is 1. The van der Waals surface area contributed by atoms with Gasteiger partial charge in [0.2, 0.25) is 0 Å². The van der Waals surface area contributed by atoms with Crippen LogP contribution in [-0.4, -0.2) is 25.3 Å². The Bertz CT molecular complexity index is 403. The summed E-state index contributed by atoms with van der Waals surface area (Å²) in [4.78, 5) is 11.3. The summed E-state index contributed by atoms with van der Waals surface area (Å²) in [5.41, 5.74) is 0. The van der Waals surface area contributed by atoms with Crippen LogP contribution in [0.3, 0.4) is 0 Å². The molecule has 0 radical (unpaired) electrons. The Kier molecular flexibility index (Phi) is 5.78. The standard InChI is InChI=1S/C12H17O4P/c1-3-15-10-7-5-6-8-11(10)17(14)9-12(13)16-4-2/h5-8,17H,3-4,9H2,1-2H3. The summed E-state index contributed by atoms with van der Waals surface area (Å²) in [7, 11) is -2.19. The first-order valence-electron chi connectivity index (χ1n) is 5.59. The summed E-state index contributed by atoms with van der Waals surface area (Å²) < 4.78 is 22.2. The van der Waals surface area contributed by atoms with Crippen molar-refractivity contribution < 1.29 is 18.8 Å². The van der Waals surface area contributed by atoms with Crippen molar-refractivity contribution in [1.29, 1.82) is 0 Å². The van der Waals surface area contributed by atoms with Crippen LogP contribution >= 0.6 is 7.80 Å². The van der Waals surface area contributed by atoms with Gasteiger partial charge in [-0.2, -0.15) is 0 Å². The van der Waals surface area contributed by atoms with Gasteiger partial charge in [-0.1, -0.05) is 12.1 Å². The molecule has 0 fully saturated rings. The lowest BCUT2D eigenvalue weighted by Gasteiger charge is -2.09. The first-order valence-corrected chi connectivity index (χ1v) is 7.21. The van der Waals surface area contributed by atoms with E-state index in [9.17, 15) is 9.36 Å². The van der Waals surface area contributed by atoms with Crippen molar-refractivity contribution in [2.24, 2.45) is 0 Å². The molecular weight excluding hydrogens is 239 g/mol. The fourth-order valence-corrected chi connectivity index (χ4v) is 2.68. The minimum absolute atomic E-state index is 0.0669. The Balaban J connectivity index is 2.77. The molecule has 0 amide bonds. The van der Waals surface area contributed by atoms with Gasteiger partial charge in [-0.25, -0.2) is 0 Å². The van der Waals surface area contributed by atoms with E-state index in [1.807, 2.05) is 13.0 Å². The fourth-order valence-electron chi connectivity index (χ4n) is 1.42. The monoisotopic (exact) mass is 256 g/mol. The van der Waals surface area contributed by atoms with E-state index in [1.165, 1.54) is 0 Å². The SMILES string of the molecule is CCOC(=O)C[PH](=O)c1ccccc1OCC. The largest absolute Gasteiger partial charge is 0.493 e. The van der Waals surface area contributed by atoms with E-state index in [0.29, 0.717) is 24.3 Å². The van der Waals surface area contributed by atoms with Crippen molar-refractivity contribution in [2.75, 3.05) is 19.4 Å². The van der Waals surface area contributed by atoms with Crippen LogP contribution in [0.5, 0.6) is 5.75 Å². The topological polar surface area (TPSA) is 52.6 Å². The van der Waals surface area contributed by atoms with Gasteiger partial charge in [0.25, 0.3) is 0 Å². The lowest BCUT2D eigenvalue weighted by Crippen LogP contribution is -2.12. The van der Waals surface area contributed by atoms with Gasteiger partial charge in [0, 0.05) is 0 Å². The second-order valence-electron chi connectivity index (χ2n) is 3.33. The van der Waals surface area contributed by atoms with E-state index >= 15 is 0 Å². The van der Waals surface area contributed by atoms with Gasteiger partial charge < -0.3 is 14.0 Å². The molecule has 0 N–H and O–H groups in total. The molecule has 0 bridgehead atoms. The molecule has 0 saturated heterocycles. The summed E-state index contributed by atoms with van der Waals surface area (Å²) in [5.74, 6) is 0.158. The second-order valence-corrected chi connectivity index (χ2v) is 5.07. The van der Waals surface area contributed by atoms with Gasteiger partial charge in [0.1, 0.15) is 19.7 Å². The van der Waals surface area contributed by atoms with Crippen LogP contribution in [0.25, 0.3) is 0 Å². The van der Waals surface area contributed by atoms with Crippen LogP contribution in [-0.2, 0) is 14.1 Å². The molecule has 0 aliphatic rings. The zero-order valence-corrected chi connectivity index (χ0v) is 11.1. The van der Waals surface area contributed by atoms with Crippen molar-refractivity contribution in [2.45, 2.75) is 13.8 Å². The van der Waals surface area contributed by atoms with Crippen molar-refractivity contribution in [1.82, 2.24) is 0 Å². The van der Waals surface area contributed by atoms with Gasteiger partial charge in [0.05, 0.1) is 18.5 Å². The molecular formula is C12H17O4P. The van der Waals surface area contributed by atoms with Crippen LogP contribution in [0.1, 0.15) is 13.8 Å². The molecule has 0 heterocycles. The van der Waals surface area contributed by atoms with E-state index in [-0.39, 0.29) is 6.16 Å². The number of ether oxygens (including phenoxy) is 2. The Hall–Kier alpha value is -1.28. The molecule has 94 valence electrons. The lowest BCUT2D eigenvalue weighted by atomic mass is 10.3. The van der Waals surface area contributed by atoms with Crippen molar-refractivity contribution in [3.05, 3.63) is 24.3 Å². The van der Waals surface area contributed by atoms with E-state index in [1.54, 1.807) is 25.1 Å². The minimum Gasteiger partial charge on any atom is -0.493 e. The normalized spacial score (nSPS) is 11.9. The van der Waals surface area contributed by atoms with Crippen LogP contribution in [0.15, 0.2) is 24.3 Å². The van der Waals surface area contributed by atoms with Crippen LogP contribution in [0, 0.1) is 0 Å². The summed E-state index contributed by atoms with van der Waals surface area (Å²) in [6.45, 7) is 4.40. The number of carbonyl (C=O) groups is 1. The molecule has 1 atom stereocenters. The van der Waals surface area contributed by atoms with Gasteiger partial charge in [-0.05, 0) is 26.0 Å². The van der Waals surface area contributed by atoms with E-state index in [4.69, 9.17) is 9.47 Å². The quantitative estimate of drug-likeness (QED) is 0.575. The fraction of sp³-hybridized carbons (Fsp3) is 0.417. The smallest absolute Gasteiger partial charge is 0.313 e. The molecule has 4 nitrogen and oxygen atoms in total. The molecule has 17 heavy (non-hydrogen) atoms. The average molecular weight is 256 g/mol. The lowest BCUT2D eigenvalue weighted by molar-refractivity contribution is -0.139. The molecule has 0 aliphatic heterocycles. The Morgan fingerprint density at radius 3 is 2.59 bits per heavy atom. The number of hydrogen-bond acceptors (Lipinski definition) is 4. The summed E-state index contributed by atoms with van der Waals surface area (Å²) in [5, 5.41) is 0.604. The van der Waals surface area contributed by atoms with Gasteiger partial charge in [-0.15, -0.1) is 0 Å². The van der Waals surface area contributed by atoms with Gasteiger partial charge in [0.15, 0.2) is 0 Å². The molecule has 0 spiro atoms. The van der Waals surface area contributed by atoms with Gasteiger partial charge >= 0.3 is 5.97 Å². The third-order valence-corrected chi connectivity index (χ3v) is 3.72. The highest BCUT2D eigenvalue weighted by Crippen LogP contribution is 2.26. The number of benzene rings is 1. The highest BCUT2D eigenvalue weighted by atomic mass is 31.1. The zero-order chi connectivity index (χ0) is 12.7. The van der Waals surface area contributed by atoms with Crippen LogP contribution in [0.4, 0.5) is 0 Å². The predicted molar refractivity (Wildman–Crippen MR) is 67.7 cm³/mol. The Labute approximate surface area is 102 Å². The first kappa shape index (κ1) is 13.8. The highest BCUT2D eigenvalue weighted by Gasteiger charge is 2.14. The average Bonchev–Trinajstić information content (AvgIpc) is 2.30. The predicted octanol–water partition coefficient (Wildman–Crippen LogP) is 1.83. The highest BCUT2D eigenvalue weighted by molar-refractivity contribution is 7.54. The van der Waals surface area contributed by atoms with Gasteiger partial charge in [-0.3, -0.25) is 4.79 Å². The summed E-state index contributed by atoms with van der Waals surface area (Å²) >= 11 is 0. The molecule has 1 rings (SSSR count).